The van der Waals surface area contributed by atoms with Gasteiger partial charge in [-0.05, 0) is 66.2 Å². The number of rotatable bonds is 3. The second-order valence-corrected chi connectivity index (χ2v) is 6.02. The molecule has 0 radical (unpaired) electrons. The van der Waals surface area contributed by atoms with Crippen LogP contribution in [0, 0.1) is 13.8 Å². The molecule has 0 aliphatic rings. The van der Waals surface area contributed by atoms with Gasteiger partial charge in [0.15, 0.2) is 5.82 Å². The van der Waals surface area contributed by atoms with Gasteiger partial charge in [-0.15, -0.1) is 5.10 Å². The summed E-state index contributed by atoms with van der Waals surface area (Å²) in [6.45, 7) is 3.79. The highest BCUT2D eigenvalue weighted by molar-refractivity contribution is 9.10. The number of aromatic nitrogens is 4. The van der Waals surface area contributed by atoms with Crippen molar-refractivity contribution in [2.75, 3.05) is 5.32 Å². The number of aryl methyl sites for hydroxylation is 2. The summed E-state index contributed by atoms with van der Waals surface area (Å²) in [5.74, 6) is 0.519. The van der Waals surface area contributed by atoms with Crippen LogP contribution < -0.4 is 5.32 Å². The van der Waals surface area contributed by atoms with E-state index in [0.717, 1.165) is 15.7 Å². The van der Waals surface area contributed by atoms with E-state index in [1.807, 2.05) is 44.2 Å². The second-order valence-electron chi connectivity index (χ2n) is 5.10. The Morgan fingerprint density at radius 2 is 1.87 bits per heavy atom. The Kier molecular flexibility index (Phi) is 4.20. The van der Waals surface area contributed by atoms with Gasteiger partial charge in [-0.3, -0.25) is 4.79 Å². The lowest BCUT2D eigenvalue weighted by molar-refractivity contribution is 0.102. The Hall–Kier alpha value is -2.54. The van der Waals surface area contributed by atoms with Gasteiger partial charge in [0, 0.05) is 15.7 Å². The minimum Gasteiger partial charge on any atom is -0.322 e. The molecule has 0 bridgehead atoms. The number of benzene rings is 2. The normalized spacial score (nSPS) is 10.6. The summed E-state index contributed by atoms with van der Waals surface area (Å²) < 4.78 is 2.57. The number of nitrogens with zero attached hydrogens (tertiary/aromatic N) is 4. The van der Waals surface area contributed by atoms with E-state index in [-0.39, 0.29) is 5.91 Å². The predicted octanol–water partition coefficient (Wildman–Crippen LogP) is 3.29. The van der Waals surface area contributed by atoms with E-state index in [1.54, 1.807) is 16.8 Å². The molecule has 1 amide bonds. The highest BCUT2D eigenvalue weighted by Gasteiger charge is 2.10. The van der Waals surface area contributed by atoms with Crippen molar-refractivity contribution in [3.05, 3.63) is 63.9 Å². The molecule has 3 aromatic rings. The number of amides is 1. The van der Waals surface area contributed by atoms with Crippen LogP contribution in [0.3, 0.4) is 0 Å². The van der Waals surface area contributed by atoms with E-state index >= 15 is 0 Å². The molecule has 0 atom stereocenters. The van der Waals surface area contributed by atoms with Crippen LogP contribution in [0.25, 0.3) is 5.69 Å². The van der Waals surface area contributed by atoms with Gasteiger partial charge in [0.05, 0.1) is 5.69 Å². The second kappa shape index (κ2) is 6.29. The number of carbonyl (C=O) groups excluding carboxylic acids is 1. The lowest BCUT2D eigenvalue weighted by atomic mass is 10.1. The summed E-state index contributed by atoms with van der Waals surface area (Å²) in [5, 5.41) is 14.4. The Labute approximate surface area is 141 Å². The first-order valence-electron chi connectivity index (χ1n) is 6.97. The number of nitrogens with one attached hydrogen (secondary N) is 1. The van der Waals surface area contributed by atoms with Gasteiger partial charge in [-0.2, -0.15) is 4.68 Å². The SMILES string of the molecule is Cc1ccc(NC(=O)c2ccc(Br)cc2)cc1-n1nnnc1C. The van der Waals surface area contributed by atoms with Crippen LogP contribution in [-0.4, -0.2) is 26.1 Å². The molecular weight excluding hydrogens is 358 g/mol. The van der Waals surface area contributed by atoms with Gasteiger partial charge in [0.2, 0.25) is 0 Å². The number of hydrogen-bond donors (Lipinski definition) is 1. The number of halogens is 1. The minimum atomic E-state index is -0.166. The van der Waals surface area contributed by atoms with Crippen LogP contribution >= 0.6 is 15.9 Å². The first-order valence-corrected chi connectivity index (χ1v) is 7.77. The Morgan fingerprint density at radius 1 is 1.13 bits per heavy atom. The quantitative estimate of drug-likeness (QED) is 0.766. The minimum absolute atomic E-state index is 0.166. The molecular formula is C16H14BrN5O. The monoisotopic (exact) mass is 371 g/mol. The fourth-order valence-electron chi connectivity index (χ4n) is 2.17. The number of anilines is 1. The molecule has 2 aromatic carbocycles. The van der Waals surface area contributed by atoms with Crippen LogP contribution in [0.5, 0.6) is 0 Å². The Balaban J connectivity index is 1.88. The zero-order valence-corrected chi connectivity index (χ0v) is 14.2. The summed E-state index contributed by atoms with van der Waals surface area (Å²) in [6.07, 6.45) is 0. The lowest BCUT2D eigenvalue weighted by Gasteiger charge is -2.10. The molecule has 1 aromatic heterocycles. The maximum Gasteiger partial charge on any atom is 0.255 e. The molecule has 3 rings (SSSR count). The highest BCUT2D eigenvalue weighted by Crippen LogP contribution is 2.20. The Bertz CT molecular complexity index is 857. The average Bonchev–Trinajstić information content (AvgIpc) is 2.96. The molecule has 0 aliphatic carbocycles. The largest absolute Gasteiger partial charge is 0.322 e. The summed E-state index contributed by atoms with van der Waals surface area (Å²) in [7, 11) is 0. The van der Waals surface area contributed by atoms with Gasteiger partial charge in [-0.25, -0.2) is 0 Å². The summed E-state index contributed by atoms with van der Waals surface area (Å²) >= 11 is 3.35. The summed E-state index contributed by atoms with van der Waals surface area (Å²) in [6, 6.07) is 12.8. The van der Waals surface area contributed by atoms with Gasteiger partial charge >= 0.3 is 0 Å². The molecule has 0 saturated carbocycles. The van der Waals surface area contributed by atoms with Gasteiger partial charge in [0.1, 0.15) is 0 Å². The summed E-state index contributed by atoms with van der Waals surface area (Å²) in [5.41, 5.74) is 3.13. The van der Waals surface area contributed by atoms with Crippen LogP contribution in [0.15, 0.2) is 46.9 Å². The van der Waals surface area contributed by atoms with Crippen molar-refractivity contribution in [2.45, 2.75) is 13.8 Å². The fraction of sp³-hybridized carbons (Fsp3) is 0.125. The van der Waals surface area contributed by atoms with Crippen LogP contribution in [0.2, 0.25) is 0 Å². The molecule has 0 fully saturated rings. The van der Waals surface area contributed by atoms with E-state index in [0.29, 0.717) is 17.1 Å². The highest BCUT2D eigenvalue weighted by atomic mass is 79.9. The average molecular weight is 372 g/mol. The zero-order valence-electron chi connectivity index (χ0n) is 12.6. The van der Waals surface area contributed by atoms with Crippen molar-refractivity contribution >= 4 is 27.5 Å². The van der Waals surface area contributed by atoms with Crippen LogP contribution in [-0.2, 0) is 0 Å². The maximum atomic E-state index is 12.3. The van der Waals surface area contributed by atoms with Gasteiger partial charge in [-0.1, -0.05) is 22.0 Å². The molecule has 1 heterocycles. The summed E-state index contributed by atoms with van der Waals surface area (Å²) in [4.78, 5) is 12.3. The van der Waals surface area contributed by atoms with Gasteiger partial charge in [0.25, 0.3) is 5.91 Å². The number of tetrazole rings is 1. The van der Waals surface area contributed by atoms with Crippen molar-refractivity contribution in [2.24, 2.45) is 0 Å². The molecule has 116 valence electrons. The van der Waals surface area contributed by atoms with Crippen LogP contribution in [0.1, 0.15) is 21.7 Å². The molecule has 23 heavy (non-hydrogen) atoms. The van der Waals surface area contributed by atoms with E-state index in [1.165, 1.54) is 0 Å². The van der Waals surface area contributed by atoms with Crippen molar-refractivity contribution in [3.63, 3.8) is 0 Å². The first-order chi connectivity index (χ1) is 11.0. The molecule has 0 unspecified atom stereocenters. The molecule has 7 heteroatoms. The van der Waals surface area contributed by atoms with E-state index in [9.17, 15) is 4.79 Å². The molecule has 1 N–H and O–H groups in total. The zero-order chi connectivity index (χ0) is 16.4. The van der Waals surface area contributed by atoms with Crippen molar-refractivity contribution in [1.82, 2.24) is 20.2 Å². The van der Waals surface area contributed by atoms with Crippen molar-refractivity contribution < 1.29 is 4.79 Å². The van der Waals surface area contributed by atoms with Crippen molar-refractivity contribution in [3.8, 4) is 5.69 Å². The van der Waals surface area contributed by atoms with Crippen molar-refractivity contribution in [1.29, 1.82) is 0 Å². The third-order valence-electron chi connectivity index (χ3n) is 3.43. The molecule has 6 nitrogen and oxygen atoms in total. The standard InChI is InChI=1S/C16H14BrN5O/c1-10-3-8-14(9-15(10)22-11(2)19-20-21-22)18-16(23)12-4-6-13(17)7-5-12/h3-9H,1-2H3,(H,18,23). The smallest absolute Gasteiger partial charge is 0.255 e. The molecule has 0 saturated heterocycles. The number of carbonyl (C=O) groups is 1. The Morgan fingerprint density at radius 3 is 2.52 bits per heavy atom. The van der Waals surface area contributed by atoms with Crippen LogP contribution in [0.4, 0.5) is 5.69 Å². The third kappa shape index (κ3) is 3.29. The maximum absolute atomic E-state index is 12.3. The molecule has 0 aliphatic heterocycles. The number of hydrogen-bond acceptors (Lipinski definition) is 4. The predicted molar refractivity (Wildman–Crippen MR) is 90.7 cm³/mol. The van der Waals surface area contributed by atoms with E-state index < -0.39 is 0 Å². The molecule has 0 spiro atoms. The fourth-order valence-corrected chi connectivity index (χ4v) is 2.44. The van der Waals surface area contributed by atoms with E-state index in [4.69, 9.17) is 0 Å². The third-order valence-corrected chi connectivity index (χ3v) is 3.96. The topological polar surface area (TPSA) is 72.7 Å². The van der Waals surface area contributed by atoms with Gasteiger partial charge < -0.3 is 5.32 Å². The van der Waals surface area contributed by atoms with E-state index in [2.05, 4.69) is 36.8 Å². The lowest BCUT2D eigenvalue weighted by Crippen LogP contribution is -2.12. The first kappa shape index (κ1) is 15.4.